The number of nitrogens with zero attached hydrogens (tertiary/aromatic N) is 1. The molecule has 0 bridgehead atoms. The molecular weight excluding hydrogens is 374 g/mol. The molecule has 0 radical (unpaired) electrons. The van der Waals surface area contributed by atoms with Gasteiger partial charge in [-0.05, 0) is 48.0 Å². The number of aromatic nitrogens is 1. The highest BCUT2D eigenvalue weighted by molar-refractivity contribution is 6.07. The van der Waals surface area contributed by atoms with Crippen molar-refractivity contribution in [3.05, 3.63) is 89.4 Å². The summed E-state index contributed by atoms with van der Waals surface area (Å²) in [6.07, 6.45) is -3.02. The molecule has 8 heteroatoms. The fourth-order valence-electron chi connectivity index (χ4n) is 2.49. The maximum atomic E-state index is 13.0. The Balaban J connectivity index is 1.75. The van der Waals surface area contributed by atoms with Gasteiger partial charge in [-0.15, -0.1) is 0 Å². The number of hydrogen-bond donors (Lipinski definition) is 2. The highest BCUT2D eigenvalue weighted by Gasteiger charge is 2.30. The third-order valence-corrected chi connectivity index (χ3v) is 3.87. The number of rotatable bonds is 5. The van der Waals surface area contributed by atoms with E-state index >= 15 is 0 Å². The smallest absolute Gasteiger partial charge is 0.365 e. The molecule has 1 heterocycles. The van der Waals surface area contributed by atoms with Gasteiger partial charge in [-0.3, -0.25) is 4.79 Å². The van der Waals surface area contributed by atoms with Crippen LogP contribution in [0.2, 0.25) is 0 Å². The van der Waals surface area contributed by atoms with Crippen LogP contribution in [0.5, 0.6) is 0 Å². The highest BCUT2D eigenvalue weighted by Crippen LogP contribution is 2.30. The van der Waals surface area contributed by atoms with Crippen molar-refractivity contribution in [3.63, 3.8) is 0 Å². The highest BCUT2D eigenvalue weighted by atomic mass is 19.4. The van der Waals surface area contributed by atoms with Crippen LogP contribution in [-0.2, 0) is 12.7 Å². The molecule has 0 atom stereocenters. The number of pyridine rings is 1. The molecule has 2 aromatic carbocycles. The quantitative estimate of drug-likeness (QED) is 0.597. The normalized spacial score (nSPS) is 11.1. The van der Waals surface area contributed by atoms with Crippen molar-refractivity contribution in [1.29, 1.82) is 0 Å². The van der Waals surface area contributed by atoms with E-state index in [1.54, 1.807) is 18.2 Å². The van der Waals surface area contributed by atoms with Gasteiger partial charge >= 0.3 is 6.18 Å². The lowest BCUT2D eigenvalue weighted by molar-refractivity contribution is -0.137. The third kappa shape index (κ3) is 4.85. The first-order valence-electron chi connectivity index (χ1n) is 8.25. The largest absolute Gasteiger partial charge is 0.416 e. The zero-order valence-corrected chi connectivity index (χ0v) is 14.4. The molecule has 0 spiro atoms. The molecule has 3 aromatic rings. The van der Waals surface area contributed by atoms with Gasteiger partial charge in [0.25, 0.3) is 5.91 Å². The molecular formula is C20H15F4N3O. The number of alkyl halides is 3. The van der Waals surface area contributed by atoms with Crippen LogP contribution in [-0.4, -0.2) is 10.9 Å². The summed E-state index contributed by atoms with van der Waals surface area (Å²) < 4.78 is 51.4. The van der Waals surface area contributed by atoms with Gasteiger partial charge in [0.05, 0.1) is 11.1 Å². The lowest BCUT2D eigenvalue weighted by atomic mass is 10.1. The monoisotopic (exact) mass is 389 g/mol. The predicted molar refractivity (Wildman–Crippen MR) is 97.4 cm³/mol. The zero-order valence-electron chi connectivity index (χ0n) is 14.4. The van der Waals surface area contributed by atoms with Crippen LogP contribution in [0.4, 0.5) is 29.1 Å². The maximum Gasteiger partial charge on any atom is 0.416 e. The second-order valence-corrected chi connectivity index (χ2v) is 5.91. The fraction of sp³-hybridized carbons (Fsp3) is 0.100. The number of hydrogen-bond acceptors (Lipinski definition) is 3. The Morgan fingerprint density at radius 1 is 1.00 bits per heavy atom. The molecule has 0 aliphatic carbocycles. The summed E-state index contributed by atoms with van der Waals surface area (Å²) in [7, 11) is 0. The number of carbonyl (C=O) groups excluding carboxylic acids is 1. The van der Waals surface area contributed by atoms with Crippen molar-refractivity contribution in [1.82, 2.24) is 4.98 Å². The zero-order chi connectivity index (χ0) is 20.1. The van der Waals surface area contributed by atoms with Crippen molar-refractivity contribution in [2.24, 2.45) is 0 Å². The second-order valence-electron chi connectivity index (χ2n) is 5.91. The first-order valence-corrected chi connectivity index (χ1v) is 8.25. The Labute approximate surface area is 158 Å². The van der Waals surface area contributed by atoms with Crippen molar-refractivity contribution < 1.29 is 22.4 Å². The Morgan fingerprint density at radius 3 is 2.46 bits per heavy atom. The minimum Gasteiger partial charge on any atom is -0.365 e. The predicted octanol–water partition coefficient (Wildman–Crippen LogP) is 5.10. The van der Waals surface area contributed by atoms with Gasteiger partial charge < -0.3 is 10.6 Å². The summed E-state index contributed by atoms with van der Waals surface area (Å²) >= 11 is 0. The van der Waals surface area contributed by atoms with Gasteiger partial charge in [-0.1, -0.05) is 18.2 Å². The van der Waals surface area contributed by atoms with Crippen molar-refractivity contribution >= 4 is 17.4 Å². The molecule has 0 unspecified atom stereocenters. The maximum absolute atomic E-state index is 13.0. The van der Waals surface area contributed by atoms with Crippen LogP contribution in [0.15, 0.2) is 66.9 Å². The SMILES string of the molecule is O=C(Nc1cccc(C(F)(F)F)c1)c1cccnc1NCc1ccc(F)cc1. The number of nitrogens with one attached hydrogen (secondary N) is 2. The topological polar surface area (TPSA) is 54.0 Å². The van der Waals surface area contributed by atoms with E-state index < -0.39 is 17.6 Å². The Morgan fingerprint density at radius 2 is 1.75 bits per heavy atom. The molecule has 144 valence electrons. The van der Waals surface area contributed by atoms with Gasteiger partial charge in [0.2, 0.25) is 0 Å². The number of amides is 1. The van der Waals surface area contributed by atoms with Crippen LogP contribution in [0, 0.1) is 5.82 Å². The third-order valence-electron chi connectivity index (χ3n) is 3.87. The van der Waals surface area contributed by atoms with Gasteiger partial charge in [0, 0.05) is 18.4 Å². The van der Waals surface area contributed by atoms with Crippen molar-refractivity contribution in [2.75, 3.05) is 10.6 Å². The summed E-state index contributed by atoms with van der Waals surface area (Å²) in [5, 5.41) is 5.43. The summed E-state index contributed by atoms with van der Waals surface area (Å²) in [5.41, 5.74) is 0.109. The Kier molecular flexibility index (Phi) is 5.58. The van der Waals surface area contributed by atoms with E-state index in [1.165, 1.54) is 36.5 Å². The van der Waals surface area contributed by atoms with E-state index in [9.17, 15) is 22.4 Å². The lowest BCUT2D eigenvalue weighted by Gasteiger charge is -2.12. The van der Waals surface area contributed by atoms with E-state index in [0.29, 0.717) is 6.54 Å². The molecule has 0 fully saturated rings. The summed E-state index contributed by atoms with van der Waals surface area (Å²) in [6, 6.07) is 13.2. The number of benzene rings is 2. The standard InChI is InChI=1S/C20H15F4N3O/c21-15-8-6-13(7-9-15)12-26-18-17(5-2-10-25-18)19(28)27-16-4-1-3-14(11-16)20(22,23)24/h1-11H,12H2,(H,25,26)(H,27,28). The van der Waals surface area contributed by atoms with Gasteiger partial charge in [-0.2, -0.15) is 13.2 Å². The van der Waals surface area contributed by atoms with Gasteiger partial charge in [0.1, 0.15) is 11.6 Å². The first kappa shape index (κ1) is 19.3. The van der Waals surface area contributed by atoms with Crippen LogP contribution < -0.4 is 10.6 Å². The molecule has 1 aromatic heterocycles. The molecule has 0 aliphatic heterocycles. The molecule has 28 heavy (non-hydrogen) atoms. The van der Waals surface area contributed by atoms with Crippen LogP contribution >= 0.6 is 0 Å². The van der Waals surface area contributed by atoms with E-state index in [4.69, 9.17) is 0 Å². The average Bonchev–Trinajstić information content (AvgIpc) is 2.67. The van der Waals surface area contributed by atoms with Crippen molar-refractivity contribution in [2.45, 2.75) is 12.7 Å². The lowest BCUT2D eigenvalue weighted by Crippen LogP contribution is -2.16. The van der Waals surface area contributed by atoms with Crippen LogP contribution in [0.25, 0.3) is 0 Å². The summed E-state index contributed by atoms with van der Waals surface area (Å²) in [5.74, 6) is -0.701. The minimum atomic E-state index is -4.50. The van der Waals surface area contributed by atoms with E-state index in [0.717, 1.165) is 17.7 Å². The number of carbonyl (C=O) groups is 1. The van der Waals surface area contributed by atoms with Crippen LogP contribution in [0.3, 0.4) is 0 Å². The molecule has 0 saturated heterocycles. The molecule has 1 amide bonds. The molecule has 4 nitrogen and oxygen atoms in total. The van der Waals surface area contributed by atoms with Gasteiger partial charge in [-0.25, -0.2) is 9.37 Å². The Hall–Kier alpha value is -3.42. The van der Waals surface area contributed by atoms with E-state index in [-0.39, 0.29) is 22.9 Å². The van der Waals surface area contributed by atoms with Crippen molar-refractivity contribution in [3.8, 4) is 0 Å². The molecule has 3 rings (SSSR count). The average molecular weight is 389 g/mol. The fourth-order valence-corrected chi connectivity index (χ4v) is 2.49. The summed E-state index contributed by atoms with van der Waals surface area (Å²) in [6.45, 7) is 0.293. The number of anilines is 2. The second kappa shape index (κ2) is 8.08. The number of halogens is 4. The van der Waals surface area contributed by atoms with Crippen LogP contribution in [0.1, 0.15) is 21.5 Å². The van der Waals surface area contributed by atoms with Gasteiger partial charge in [0.15, 0.2) is 0 Å². The summed E-state index contributed by atoms with van der Waals surface area (Å²) in [4.78, 5) is 16.6. The van der Waals surface area contributed by atoms with E-state index in [1.807, 2.05) is 0 Å². The first-order chi connectivity index (χ1) is 13.3. The molecule has 2 N–H and O–H groups in total. The molecule has 0 aliphatic rings. The van der Waals surface area contributed by atoms with E-state index in [2.05, 4.69) is 15.6 Å². The molecule has 0 saturated carbocycles. The minimum absolute atomic E-state index is 0.0214. The Bertz CT molecular complexity index is 972.